The van der Waals surface area contributed by atoms with Crippen molar-refractivity contribution in [3.8, 4) is 0 Å². The minimum Gasteiger partial charge on any atom is -0.380 e. The molecule has 1 aliphatic rings. The Morgan fingerprint density at radius 3 is 2.63 bits per heavy atom. The standard InChI is InChI=1S/C14H17F2NO2/c15-12-8-11(9-13(16)10-12)14(18)2-4-17-3-1-6-19-7-5-17/h8-10H,1-7H2. The van der Waals surface area contributed by atoms with Gasteiger partial charge in [-0.15, -0.1) is 0 Å². The molecule has 0 aromatic heterocycles. The molecule has 0 bridgehead atoms. The fourth-order valence-electron chi connectivity index (χ4n) is 2.14. The average molecular weight is 269 g/mol. The Labute approximate surface area is 111 Å². The summed E-state index contributed by atoms with van der Waals surface area (Å²) < 4.78 is 31.4. The topological polar surface area (TPSA) is 29.5 Å². The number of ether oxygens (including phenoxy) is 1. The maximum absolute atomic E-state index is 13.0. The molecule has 0 saturated carbocycles. The maximum atomic E-state index is 13.0. The van der Waals surface area contributed by atoms with Gasteiger partial charge in [0.2, 0.25) is 0 Å². The third-order valence-corrected chi connectivity index (χ3v) is 3.15. The van der Waals surface area contributed by atoms with Gasteiger partial charge in [-0.2, -0.15) is 0 Å². The normalized spacial score (nSPS) is 17.2. The first kappa shape index (κ1) is 14.1. The molecule has 0 atom stereocenters. The van der Waals surface area contributed by atoms with Crippen molar-refractivity contribution in [2.24, 2.45) is 0 Å². The summed E-state index contributed by atoms with van der Waals surface area (Å²) in [5.41, 5.74) is 0.101. The zero-order valence-electron chi connectivity index (χ0n) is 10.7. The zero-order valence-corrected chi connectivity index (χ0v) is 10.7. The van der Waals surface area contributed by atoms with Gasteiger partial charge in [0.1, 0.15) is 11.6 Å². The number of hydrogen-bond acceptors (Lipinski definition) is 3. The lowest BCUT2D eigenvalue weighted by atomic mass is 10.1. The van der Waals surface area contributed by atoms with Crippen LogP contribution < -0.4 is 0 Å². The van der Waals surface area contributed by atoms with Crippen LogP contribution in [0.2, 0.25) is 0 Å². The fourth-order valence-corrected chi connectivity index (χ4v) is 2.14. The first-order chi connectivity index (χ1) is 9.15. The highest BCUT2D eigenvalue weighted by molar-refractivity contribution is 5.96. The van der Waals surface area contributed by atoms with Gasteiger partial charge in [0, 0.05) is 44.3 Å². The molecule has 1 saturated heterocycles. The van der Waals surface area contributed by atoms with Crippen molar-refractivity contribution in [3.05, 3.63) is 35.4 Å². The Hall–Kier alpha value is -1.33. The Bertz CT molecular complexity index is 423. The van der Waals surface area contributed by atoms with Gasteiger partial charge in [0.25, 0.3) is 0 Å². The van der Waals surface area contributed by atoms with Crippen LogP contribution in [-0.4, -0.2) is 43.5 Å². The molecule has 0 aliphatic carbocycles. The van der Waals surface area contributed by atoms with Crippen molar-refractivity contribution in [2.75, 3.05) is 32.8 Å². The largest absolute Gasteiger partial charge is 0.380 e. The van der Waals surface area contributed by atoms with Gasteiger partial charge in [-0.3, -0.25) is 4.79 Å². The highest BCUT2D eigenvalue weighted by atomic mass is 19.1. The van der Waals surface area contributed by atoms with E-state index in [1.165, 1.54) is 0 Å². The maximum Gasteiger partial charge on any atom is 0.164 e. The molecule has 1 aromatic carbocycles. The second-order valence-corrected chi connectivity index (χ2v) is 4.64. The highest BCUT2D eigenvalue weighted by Crippen LogP contribution is 2.11. The van der Waals surface area contributed by atoms with Crippen LogP contribution in [0.15, 0.2) is 18.2 Å². The van der Waals surface area contributed by atoms with E-state index >= 15 is 0 Å². The number of nitrogens with zero attached hydrogens (tertiary/aromatic N) is 1. The van der Waals surface area contributed by atoms with Crippen LogP contribution in [0, 0.1) is 11.6 Å². The van der Waals surface area contributed by atoms with E-state index in [4.69, 9.17) is 4.74 Å². The highest BCUT2D eigenvalue weighted by Gasteiger charge is 2.13. The quantitative estimate of drug-likeness (QED) is 0.785. The summed E-state index contributed by atoms with van der Waals surface area (Å²) in [5, 5.41) is 0. The molecule has 1 aliphatic heterocycles. The SMILES string of the molecule is O=C(CCN1CCCOCC1)c1cc(F)cc(F)c1. The monoisotopic (exact) mass is 269 g/mol. The van der Waals surface area contributed by atoms with Gasteiger partial charge in [0.05, 0.1) is 6.61 Å². The van der Waals surface area contributed by atoms with E-state index < -0.39 is 11.6 Å². The summed E-state index contributed by atoms with van der Waals surface area (Å²) in [5.74, 6) is -1.67. The summed E-state index contributed by atoms with van der Waals surface area (Å²) in [4.78, 5) is 14.0. The summed E-state index contributed by atoms with van der Waals surface area (Å²) in [7, 11) is 0. The van der Waals surface area contributed by atoms with E-state index in [1.54, 1.807) is 0 Å². The molecule has 0 N–H and O–H groups in total. The molecule has 0 amide bonds. The van der Waals surface area contributed by atoms with Gasteiger partial charge in [-0.25, -0.2) is 8.78 Å². The molecule has 3 nitrogen and oxygen atoms in total. The van der Waals surface area contributed by atoms with Crippen LogP contribution in [0.5, 0.6) is 0 Å². The van der Waals surface area contributed by atoms with E-state index in [9.17, 15) is 13.6 Å². The zero-order chi connectivity index (χ0) is 13.7. The van der Waals surface area contributed by atoms with E-state index in [0.717, 1.165) is 44.3 Å². The molecular weight excluding hydrogens is 252 g/mol. The predicted molar refractivity (Wildman–Crippen MR) is 67.2 cm³/mol. The van der Waals surface area contributed by atoms with Gasteiger partial charge in [0.15, 0.2) is 5.78 Å². The number of ketones is 1. The van der Waals surface area contributed by atoms with Crippen LogP contribution >= 0.6 is 0 Å². The molecular formula is C14H17F2NO2. The van der Waals surface area contributed by atoms with Crippen LogP contribution in [-0.2, 0) is 4.74 Å². The Morgan fingerprint density at radius 1 is 1.16 bits per heavy atom. The molecule has 19 heavy (non-hydrogen) atoms. The average Bonchev–Trinajstić information content (AvgIpc) is 2.63. The lowest BCUT2D eigenvalue weighted by molar-refractivity contribution is 0.0959. The van der Waals surface area contributed by atoms with E-state index in [0.29, 0.717) is 13.2 Å². The predicted octanol–water partition coefficient (Wildman–Crippen LogP) is 2.26. The minimum atomic E-state index is -0.716. The fraction of sp³-hybridized carbons (Fsp3) is 0.500. The molecule has 1 aromatic rings. The number of Topliss-reactive ketones (excluding diaryl/α,β-unsaturated/α-hetero) is 1. The summed E-state index contributed by atoms with van der Waals surface area (Å²) in [6, 6.07) is 2.93. The third kappa shape index (κ3) is 4.36. The second-order valence-electron chi connectivity index (χ2n) is 4.64. The van der Waals surface area contributed by atoms with Crippen LogP contribution in [0.4, 0.5) is 8.78 Å². The number of carbonyl (C=O) groups is 1. The van der Waals surface area contributed by atoms with Crippen molar-refractivity contribution in [1.82, 2.24) is 4.90 Å². The molecule has 2 rings (SSSR count). The van der Waals surface area contributed by atoms with Crippen LogP contribution in [0.25, 0.3) is 0 Å². The molecule has 0 spiro atoms. The molecule has 104 valence electrons. The molecule has 0 radical (unpaired) electrons. The van der Waals surface area contributed by atoms with E-state index in [1.807, 2.05) is 0 Å². The van der Waals surface area contributed by atoms with Gasteiger partial charge in [-0.05, 0) is 18.6 Å². The van der Waals surface area contributed by atoms with Crippen molar-refractivity contribution >= 4 is 5.78 Å². The van der Waals surface area contributed by atoms with Gasteiger partial charge >= 0.3 is 0 Å². The van der Waals surface area contributed by atoms with E-state index in [2.05, 4.69) is 4.90 Å². The molecule has 1 fully saturated rings. The lowest BCUT2D eigenvalue weighted by Gasteiger charge is -2.18. The van der Waals surface area contributed by atoms with Crippen molar-refractivity contribution < 1.29 is 18.3 Å². The smallest absolute Gasteiger partial charge is 0.164 e. The first-order valence-corrected chi connectivity index (χ1v) is 6.44. The Kier molecular flexibility index (Phi) is 4.99. The number of hydrogen-bond donors (Lipinski definition) is 0. The third-order valence-electron chi connectivity index (χ3n) is 3.15. The Morgan fingerprint density at radius 2 is 1.89 bits per heavy atom. The summed E-state index contributed by atoms with van der Waals surface area (Å²) in [6.07, 6.45) is 1.21. The number of halogens is 2. The van der Waals surface area contributed by atoms with Crippen molar-refractivity contribution in [2.45, 2.75) is 12.8 Å². The summed E-state index contributed by atoms with van der Waals surface area (Å²) >= 11 is 0. The number of carbonyl (C=O) groups excluding carboxylic acids is 1. The Balaban J connectivity index is 1.89. The molecule has 5 heteroatoms. The number of rotatable bonds is 4. The van der Waals surface area contributed by atoms with Gasteiger partial charge < -0.3 is 9.64 Å². The first-order valence-electron chi connectivity index (χ1n) is 6.44. The van der Waals surface area contributed by atoms with Crippen LogP contribution in [0.3, 0.4) is 0 Å². The number of benzene rings is 1. The van der Waals surface area contributed by atoms with Crippen LogP contribution in [0.1, 0.15) is 23.2 Å². The summed E-state index contributed by atoms with van der Waals surface area (Å²) in [6.45, 7) is 3.71. The minimum absolute atomic E-state index is 0.101. The van der Waals surface area contributed by atoms with Gasteiger partial charge in [-0.1, -0.05) is 0 Å². The second kappa shape index (κ2) is 6.73. The lowest BCUT2D eigenvalue weighted by Crippen LogP contribution is -2.28. The van der Waals surface area contributed by atoms with Crippen molar-refractivity contribution in [1.29, 1.82) is 0 Å². The van der Waals surface area contributed by atoms with Crippen molar-refractivity contribution in [3.63, 3.8) is 0 Å². The molecule has 1 heterocycles. The van der Waals surface area contributed by atoms with E-state index in [-0.39, 0.29) is 17.8 Å². The molecule has 0 unspecified atom stereocenters.